The van der Waals surface area contributed by atoms with Crippen LogP contribution < -0.4 is 5.69 Å². The maximum absolute atomic E-state index is 12.8. The Morgan fingerprint density at radius 2 is 1.90 bits per heavy atom. The first-order valence-corrected chi connectivity index (χ1v) is 14.1. The number of hydrogen-bond acceptors (Lipinski definition) is 6. The standard InChI is InChI=1S/C29H35N5O4S/c1-18(2)22-16-23(26(36)17-25(22)35)28-30-31-29(38)34(28)21-3-4-24-20(15-21)8-13-32(24)10-5-19-6-11-33(12-7-19)27(37)9-14-39/h3-4,8,13,15-19,35-36,39H,5-7,9-12,14H2,1-2H3,(H,31,38). The number of thiol groups is 1. The molecule has 0 aliphatic carbocycles. The van der Waals surface area contributed by atoms with Crippen molar-refractivity contribution < 1.29 is 15.0 Å². The van der Waals surface area contributed by atoms with Gasteiger partial charge in [0.05, 0.1) is 11.3 Å². The third-order valence-electron chi connectivity index (χ3n) is 7.76. The maximum atomic E-state index is 12.8. The van der Waals surface area contributed by atoms with E-state index in [0.29, 0.717) is 34.9 Å². The van der Waals surface area contributed by atoms with Gasteiger partial charge in [-0.2, -0.15) is 17.7 Å². The van der Waals surface area contributed by atoms with Crippen molar-refractivity contribution >= 4 is 29.4 Å². The smallest absolute Gasteiger partial charge is 0.348 e. The summed E-state index contributed by atoms with van der Waals surface area (Å²) in [7, 11) is 0. The Balaban J connectivity index is 1.35. The molecule has 2 aromatic heterocycles. The normalized spacial score (nSPS) is 14.5. The fourth-order valence-corrected chi connectivity index (χ4v) is 5.71. The lowest BCUT2D eigenvalue weighted by Crippen LogP contribution is -2.38. The van der Waals surface area contributed by atoms with Crippen molar-refractivity contribution in [2.45, 2.75) is 52.0 Å². The van der Waals surface area contributed by atoms with Crippen molar-refractivity contribution in [3.8, 4) is 28.6 Å². The molecule has 0 spiro atoms. The number of H-pyrrole nitrogens is 1. The van der Waals surface area contributed by atoms with E-state index in [4.69, 9.17) is 0 Å². The van der Waals surface area contributed by atoms with E-state index in [2.05, 4.69) is 33.6 Å². The van der Waals surface area contributed by atoms with Crippen molar-refractivity contribution in [3.63, 3.8) is 0 Å². The van der Waals surface area contributed by atoms with Gasteiger partial charge in [-0.1, -0.05) is 13.8 Å². The lowest BCUT2D eigenvalue weighted by molar-refractivity contribution is -0.132. The van der Waals surface area contributed by atoms with Gasteiger partial charge in [-0.25, -0.2) is 14.5 Å². The van der Waals surface area contributed by atoms with Crippen LogP contribution in [0.3, 0.4) is 0 Å². The van der Waals surface area contributed by atoms with Gasteiger partial charge in [0, 0.05) is 49.2 Å². The number of piperidine rings is 1. The molecule has 1 fully saturated rings. The highest BCUT2D eigenvalue weighted by molar-refractivity contribution is 7.80. The minimum absolute atomic E-state index is 0.00554. The number of phenols is 2. The molecule has 1 aliphatic heterocycles. The van der Waals surface area contributed by atoms with Gasteiger partial charge in [0.2, 0.25) is 5.91 Å². The highest BCUT2D eigenvalue weighted by atomic mass is 32.1. The summed E-state index contributed by atoms with van der Waals surface area (Å²) in [6.45, 7) is 6.42. The lowest BCUT2D eigenvalue weighted by Gasteiger charge is -2.32. The molecule has 4 aromatic rings. The van der Waals surface area contributed by atoms with Crippen LogP contribution in [0.5, 0.6) is 11.5 Å². The monoisotopic (exact) mass is 549 g/mol. The molecule has 0 bridgehead atoms. The summed E-state index contributed by atoms with van der Waals surface area (Å²) in [5.74, 6) is 1.53. The molecule has 3 heterocycles. The number of aromatic amines is 1. The number of aromatic hydroxyl groups is 2. The van der Waals surface area contributed by atoms with Gasteiger partial charge in [-0.15, -0.1) is 0 Å². The summed E-state index contributed by atoms with van der Waals surface area (Å²) in [4.78, 5) is 26.9. The Morgan fingerprint density at radius 3 is 2.62 bits per heavy atom. The number of nitrogens with one attached hydrogen (secondary N) is 1. The summed E-state index contributed by atoms with van der Waals surface area (Å²) in [5, 5.41) is 28.5. The summed E-state index contributed by atoms with van der Waals surface area (Å²) >= 11 is 4.17. The molecule has 0 radical (unpaired) electrons. The number of benzene rings is 2. The predicted octanol–water partition coefficient (Wildman–Crippen LogP) is 4.67. The van der Waals surface area contributed by atoms with Gasteiger partial charge >= 0.3 is 5.69 Å². The molecule has 0 atom stereocenters. The van der Waals surface area contributed by atoms with Gasteiger partial charge in [0.25, 0.3) is 0 Å². The van der Waals surface area contributed by atoms with Crippen molar-refractivity contribution in [1.82, 2.24) is 24.2 Å². The van der Waals surface area contributed by atoms with E-state index in [1.54, 1.807) is 6.07 Å². The highest BCUT2D eigenvalue weighted by Gasteiger charge is 2.23. The van der Waals surface area contributed by atoms with Gasteiger partial charge < -0.3 is 19.7 Å². The number of hydrogen-bond donors (Lipinski definition) is 4. The molecule has 1 aliphatic rings. The summed E-state index contributed by atoms with van der Waals surface area (Å²) in [5.41, 5.74) is 2.32. The minimum Gasteiger partial charge on any atom is -0.508 e. The molecule has 1 amide bonds. The minimum atomic E-state index is -0.415. The van der Waals surface area contributed by atoms with Crippen molar-refractivity contribution in [3.05, 3.63) is 58.6 Å². The topological polar surface area (TPSA) is 116 Å². The summed E-state index contributed by atoms with van der Waals surface area (Å²) in [6.07, 6.45) is 5.67. The van der Waals surface area contributed by atoms with Crippen LogP contribution in [0.2, 0.25) is 0 Å². The first-order chi connectivity index (χ1) is 18.8. The van der Waals surface area contributed by atoms with Crippen LogP contribution in [0, 0.1) is 5.92 Å². The van der Waals surface area contributed by atoms with E-state index in [9.17, 15) is 19.8 Å². The molecule has 39 heavy (non-hydrogen) atoms. The maximum Gasteiger partial charge on any atom is 0.348 e. The molecule has 3 N–H and O–H groups in total. The van der Waals surface area contributed by atoms with Crippen LogP contribution in [0.15, 0.2) is 47.4 Å². The van der Waals surface area contributed by atoms with Crippen molar-refractivity contribution in [2.24, 2.45) is 5.92 Å². The molecule has 0 saturated carbocycles. The van der Waals surface area contributed by atoms with Crippen LogP contribution in [0.25, 0.3) is 28.0 Å². The van der Waals surface area contributed by atoms with Gasteiger partial charge in [0.1, 0.15) is 11.5 Å². The number of amides is 1. The van der Waals surface area contributed by atoms with Crippen LogP contribution in [-0.4, -0.2) is 59.2 Å². The quantitative estimate of drug-likeness (QED) is 0.239. The molecular formula is C29H35N5O4S. The average molecular weight is 550 g/mol. The van der Waals surface area contributed by atoms with Gasteiger partial charge in [0.15, 0.2) is 5.82 Å². The number of phenolic OH excluding ortho intramolecular Hbond substituents is 2. The Bertz CT molecular complexity index is 1550. The van der Waals surface area contributed by atoms with Crippen molar-refractivity contribution in [1.29, 1.82) is 0 Å². The molecule has 2 aromatic carbocycles. The Hall–Kier alpha value is -3.66. The summed E-state index contributed by atoms with van der Waals surface area (Å²) < 4.78 is 3.67. The second-order valence-corrected chi connectivity index (χ2v) is 11.1. The fourth-order valence-electron chi connectivity index (χ4n) is 5.52. The number of carbonyl (C=O) groups is 1. The Kier molecular flexibility index (Phi) is 7.74. The SMILES string of the molecule is CC(C)c1cc(-c2n[nH]c(=O)n2-c2ccc3c(ccn3CCC3CCN(C(=O)CCS)CC3)c2)c(O)cc1O. The molecule has 0 unspecified atom stereocenters. The zero-order valence-electron chi connectivity index (χ0n) is 22.3. The van der Waals surface area contributed by atoms with Gasteiger partial charge in [-0.3, -0.25) is 4.79 Å². The molecule has 206 valence electrons. The van der Waals surface area contributed by atoms with Gasteiger partial charge in [-0.05, 0) is 72.7 Å². The zero-order chi connectivity index (χ0) is 27.7. The fraction of sp³-hybridized carbons (Fsp3) is 0.414. The first-order valence-electron chi connectivity index (χ1n) is 13.5. The third kappa shape index (κ3) is 5.43. The number of aryl methyl sites for hydroxylation is 1. The molecular weight excluding hydrogens is 514 g/mol. The number of rotatable bonds is 8. The number of carbonyl (C=O) groups excluding carboxylic acids is 1. The van der Waals surface area contributed by atoms with E-state index in [1.165, 1.54) is 10.6 Å². The average Bonchev–Trinajstić information content (AvgIpc) is 3.50. The van der Waals surface area contributed by atoms with E-state index >= 15 is 0 Å². The summed E-state index contributed by atoms with van der Waals surface area (Å²) in [6, 6.07) is 10.8. The van der Waals surface area contributed by atoms with E-state index in [-0.39, 0.29) is 29.1 Å². The van der Waals surface area contributed by atoms with E-state index in [0.717, 1.165) is 49.8 Å². The number of aromatic nitrogens is 4. The van der Waals surface area contributed by atoms with Crippen LogP contribution in [0.1, 0.15) is 51.0 Å². The first kappa shape index (κ1) is 26.9. The lowest BCUT2D eigenvalue weighted by atomic mass is 9.93. The zero-order valence-corrected chi connectivity index (χ0v) is 23.2. The molecule has 10 heteroatoms. The number of likely N-dealkylation sites (tertiary alicyclic amines) is 1. The third-order valence-corrected chi connectivity index (χ3v) is 7.99. The van der Waals surface area contributed by atoms with E-state index < -0.39 is 5.69 Å². The second kappa shape index (κ2) is 11.2. The predicted molar refractivity (Wildman–Crippen MR) is 155 cm³/mol. The Labute approximate surface area is 232 Å². The largest absolute Gasteiger partial charge is 0.508 e. The number of nitrogens with zero attached hydrogens (tertiary/aromatic N) is 4. The van der Waals surface area contributed by atoms with Crippen molar-refractivity contribution in [2.75, 3.05) is 18.8 Å². The van der Waals surface area contributed by atoms with E-state index in [1.807, 2.05) is 43.0 Å². The van der Waals surface area contributed by atoms with Crippen LogP contribution >= 0.6 is 12.6 Å². The molecule has 5 rings (SSSR count). The molecule has 1 saturated heterocycles. The Morgan fingerprint density at radius 1 is 1.13 bits per heavy atom. The molecule has 9 nitrogen and oxygen atoms in total. The number of fused-ring (bicyclic) bond motifs is 1. The highest BCUT2D eigenvalue weighted by Crippen LogP contribution is 2.37. The second-order valence-electron chi connectivity index (χ2n) is 10.6. The van der Waals surface area contributed by atoms with Crippen LogP contribution in [0.4, 0.5) is 0 Å². The van der Waals surface area contributed by atoms with Crippen LogP contribution in [-0.2, 0) is 11.3 Å².